The summed E-state index contributed by atoms with van der Waals surface area (Å²) in [6.07, 6.45) is 8.82. The predicted octanol–water partition coefficient (Wildman–Crippen LogP) is 5.59. The third kappa shape index (κ3) is 8.69. The van der Waals surface area contributed by atoms with Crippen LogP contribution in [0.2, 0.25) is 10.0 Å². The van der Waals surface area contributed by atoms with E-state index < -0.39 is 0 Å². The van der Waals surface area contributed by atoms with Gasteiger partial charge in [-0.05, 0) is 66.6 Å². The smallest absolute Gasteiger partial charge is 0.248 e. The van der Waals surface area contributed by atoms with Gasteiger partial charge in [-0.2, -0.15) is 0 Å². The summed E-state index contributed by atoms with van der Waals surface area (Å²) in [5.74, 6) is -0.643. The SMILES string of the molecule is O=C(/C=C/c1ccc2c(c1)CCC2NC(=O)CCCCCCC(=O)NO)Nc1cc(Cl)cc(Cl)c1. The van der Waals surface area contributed by atoms with Crippen molar-refractivity contribution in [1.82, 2.24) is 10.8 Å². The molecule has 3 amide bonds. The van der Waals surface area contributed by atoms with E-state index in [2.05, 4.69) is 10.6 Å². The average Bonchev–Trinajstić information content (AvgIpc) is 3.20. The summed E-state index contributed by atoms with van der Waals surface area (Å²) < 4.78 is 0. The molecule has 0 bridgehead atoms. The lowest BCUT2D eigenvalue weighted by Crippen LogP contribution is -2.26. The number of carbonyl (C=O) groups is 3. The second-order valence-electron chi connectivity index (χ2n) is 8.55. The van der Waals surface area contributed by atoms with Gasteiger partial charge in [0, 0.05) is 34.7 Å². The molecule has 2 aromatic rings. The number of aryl methyl sites for hydroxylation is 1. The monoisotopic (exact) mass is 517 g/mol. The summed E-state index contributed by atoms with van der Waals surface area (Å²) >= 11 is 11.9. The fraction of sp³-hybridized carbons (Fsp3) is 0.346. The molecule has 186 valence electrons. The van der Waals surface area contributed by atoms with Gasteiger partial charge >= 0.3 is 0 Å². The fourth-order valence-corrected chi connectivity index (χ4v) is 4.65. The van der Waals surface area contributed by atoms with Crippen LogP contribution in [0.4, 0.5) is 5.69 Å². The van der Waals surface area contributed by atoms with Gasteiger partial charge in [-0.15, -0.1) is 0 Å². The molecule has 1 unspecified atom stereocenters. The molecule has 35 heavy (non-hydrogen) atoms. The van der Waals surface area contributed by atoms with E-state index in [-0.39, 0.29) is 23.8 Å². The van der Waals surface area contributed by atoms with Crippen molar-refractivity contribution in [2.75, 3.05) is 5.32 Å². The largest absolute Gasteiger partial charge is 0.349 e. The summed E-state index contributed by atoms with van der Waals surface area (Å²) in [5.41, 5.74) is 5.33. The summed E-state index contributed by atoms with van der Waals surface area (Å²) in [4.78, 5) is 35.6. The number of anilines is 1. The number of hydrogen-bond acceptors (Lipinski definition) is 4. The summed E-state index contributed by atoms with van der Waals surface area (Å²) in [5, 5.41) is 15.2. The lowest BCUT2D eigenvalue weighted by molar-refractivity contribution is -0.129. The molecule has 0 fully saturated rings. The highest BCUT2D eigenvalue weighted by Gasteiger charge is 2.23. The van der Waals surface area contributed by atoms with Crippen LogP contribution in [0.15, 0.2) is 42.5 Å². The van der Waals surface area contributed by atoms with Gasteiger partial charge in [0.05, 0.1) is 6.04 Å². The molecule has 3 rings (SSSR count). The van der Waals surface area contributed by atoms with Crippen molar-refractivity contribution in [3.8, 4) is 0 Å². The van der Waals surface area contributed by atoms with Crippen molar-refractivity contribution in [2.45, 2.75) is 57.4 Å². The number of hydrogen-bond donors (Lipinski definition) is 4. The van der Waals surface area contributed by atoms with Crippen LogP contribution < -0.4 is 16.1 Å². The van der Waals surface area contributed by atoms with Gasteiger partial charge < -0.3 is 10.6 Å². The van der Waals surface area contributed by atoms with Crippen molar-refractivity contribution in [2.24, 2.45) is 0 Å². The van der Waals surface area contributed by atoms with E-state index >= 15 is 0 Å². The molecule has 2 aromatic carbocycles. The van der Waals surface area contributed by atoms with E-state index in [9.17, 15) is 14.4 Å². The maximum absolute atomic E-state index is 12.4. The van der Waals surface area contributed by atoms with Gasteiger partial charge in [0.1, 0.15) is 0 Å². The molecule has 0 heterocycles. The quantitative estimate of drug-likeness (QED) is 0.135. The molecule has 1 aliphatic carbocycles. The number of hydroxylamine groups is 1. The predicted molar refractivity (Wildman–Crippen MR) is 137 cm³/mol. The Morgan fingerprint density at radius 2 is 1.63 bits per heavy atom. The number of halogens is 2. The first kappa shape index (κ1) is 26.7. The molecule has 0 saturated carbocycles. The van der Waals surface area contributed by atoms with Crippen LogP contribution in [0.25, 0.3) is 6.08 Å². The first-order valence-electron chi connectivity index (χ1n) is 11.6. The van der Waals surface area contributed by atoms with Crippen LogP contribution in [-0.4, -0.2) is 22.9 Å². The van der Waals surface area contributed by atoms with Crippen LogP contribution in [0.3, 0.4) is 0 Å². The lowest BCUT2D eigenvalue weighted by atomic mass is 10.0. The van der Waals surface area contributed by atoms with Crippen molar-refractivity contribution in [3.05, 3.63) is 69.2 Å². The molecule has 4 N–H and O–H groups in total. The Kier molecular flexibility index (Phi) is 10.1. The van der Waals surface area contributed by atoms with Gasteiger partial charge in [0.25, 0.3) is 0 Å². The Balaban J connectivity index is 1.45. The van der Waals surface area contributed by atoms with Crippen molar-refractivity contribution in [3.63, 3.8) is 0 Å². The highest BCUT2D eigenvalue weighted by molar-refractivity contribution is 6.35. The molecule has 0 aromatic heterocycles. The van der Waals surface area contributed by atoms with Crippen LogP contribution >= 0.6 is 23.2 Å². The number of benzene rings is 2. The topological polar surface area (TPSA) is 108 Å². The molecule has 0 radical (unpaired) electrons. The number of rotatable bonds is 11. The summed E-state index contributed by atoms with van der Waals surface area (Å²) in [6.45, 7) is 0. The van der Waals surface area contributed by atoms with Crippen LogP contribution in [-0.2, 0) is 20.8 Å². The minimum atomic E-state index is -0.382. The van der Waals surface area contributed by atoms with Crippen LogP contribution in [0, 0.1) is 0 Å². The van der Waals surface area contributed by atoms with E-state index in [0.717, 1.165) is 43.2 Å². The molecule has 0 aliphatic heterocycles. The highest BCUT2D eigenvalue weighted by atomic mass is 35.5. The summed E-state index contributed by atoms with van der Waals surface area (Å²) in [7, 11) is 0. The first-order valence-corrected chi connectivity index (χ1v) is 12.4. The van der Waals surface area contributed by atoms with E-state index in [1.54, 1.807) is 29.8 Å². The first-order chi connectivity index (χ1) is 16.8. The van der Waals surface area contributed by atoms with E-state index in [4.69, 9.17) is 28.4 Å². The third-order valence-electron chi connectivity index (χ3n) is 5.82. The van der Waals surface area contributed by atoms with Crippen molar-refractivity contribution < 1.29 is 19.6 Å². The highest BCUT2D eigenvalue weighted by Crippen LogP contribution is 2.32. The van der Waals surface area contributed by atoms with Gasteiger partial charge in [-0.3, -0.25) is 19.6 Å². The molecular formula is C26H29Cl2N3O4. The standard InChI is InChI=1S/C26H29Cl2N3O4/c27-19-14-20(28)16-21(15-19)29-25(33)12-8-17-7-10-22-18(13-17)9-11-23(22)30-24(32)5-3-1-2-4-6-26(34)31-35/h7-8,10,12-16,23,35H,1-6,9,11H2,(H,29,33)(H,30,32)(H,31,34)/b12-8+. The van der Waals surface area contributed by atoms with Crippen LogP contribution in [0.5, 0.6) is 0 Å². The zero-order valence-electron chi connectivity index (χ0n) is 19.3. The molecule has 9 heteroatoms. The summed E-state index contributed by atoms with van der Waals surface area (Å²) in [6, 6.07) is 10.8. The Hall–Kier alpha value is -2.87. The van der Waals surface area contributed by atoms with Gasteiger partial charge in [-0.25, -0.2) is 5.48 Å². The molecule has 1 aliphatic rings. The Labute approximate surface area is 214 Å². The average molecular weight is 518 g/mol. The van der Waals surface area contributed by atoms with E-state index in [0.29, 0.717) is 35.0 Å². The Morgan fingerprint density at radius 3 is 2.31 bits per heavy atom. The maximum atomic E-state index is 12.4. The zero-order chi connectivity index (χ0) is 25.2. The number of nitrogens with one attached hydrogen (secondary N) is 3. The third-order valence-corrected chi connectivity index (χ3v) is 6.26. The maximum Gasteiger partial charge on any atom is 0.248 e. The number of fused-ring (bicyclic) bond motifs is 1. The van der Waals surface area contributed by atoms with Crippen molar-refractivity contribution >= 4 is 52.7 Å². The van der Waals surface area contributed by atoms with Crippen LogP contribution in [0.1, 0.15) is 67.7 Å². The van der Waals surface area contributed by atoms with Gasteiger partial charge in [0.2, 0.25) is 17.7 Å². The molecule has 1 atom stereocenters. The Morgan fingerprint density at radius 1 is 0.943 bits per heavy atom. The molecular weight excluding hydrogens is 489 g/mol. The number of amides is 3. The van der Waals surface area contributed by atoms with Crippen molar-refractivity contribution in [1.29, 1.82) is 0 Å². The normalized spacial score (nSPS) is 14.5. The minimum Gasteiger partial charge on any atom is -0.349 e. The zero-order valence-corrected chi connectivity index (χ0v) is 20.8. The second-order valence-corrected chi connectivity index (χ2v) is 9.42. The number of unbranched alkanes of at least 4 members (excludes halogenated alkanes) is 3. The molecule has 0 saturated heterocycles. The van der Waals surface area contributed by atoms with E-state index in [1.165, 1.54) is 11.6 Å². The second kappa shape index (κ2) is 13.3. The fourth-order valence-electron chi connectivity index (χ4n) is 4.12. The molecule has 7 nitrogen and oxygen atoms in total. The van der Waals surface area contributed by atoms with E-state index in [1.807, 2.05) is 18.2 Å². The lowest BCUT2D eigenvalue weighted by Gasteiger charge is -2.14. The minimum absolute atomic E-state index is 0.000319. The van der Waals surface area contributed by atoms with Gasteiger partial charge in [-0.1, -0.05) is 54.2 Å². The Bertz CT molecular complexity index is 1080. The van der Waals surface area contributed by atoms with Gasteiger partial charge in [0.15, 0.2) is 0 Å². The molecule has 0 spiro atoms. The number of carbonyl (C=O) groups excluding carboxylic acids is 3.